The van der Waals surface area contributed by atoms with Gasteiger partial charge in [0.05, 0.1) is 18.6 Å². The number of aliphatic carboxylic acids is 1. The van der Waals surface area contributed by atoms with Crippen molar-refractivity contribution in [1.82, 2.24) is 5.32 Å². The van der Waals surface area contributed by atoms with Gasteiger partial charge in [-0.25, -0.2) is 4.79 Å². The Balaban J connectivity index is 1.91. The van der Waals surface area contributed by atoms with Crippen molar-refractivity contribution >= 4 is 17.7 Å². The van der Waals surface area contributed by atoms with E-state index in [0.29, 0.717) is 18.7 Å². The third-order valence-corrected chi connectivity index (χ3v) is 3.28. The minimum atomic E-state index is -0.874. The number of para-hydroxylation sites is 1. The van der Waals surface area contributed by atoms with Gasteiger partial charge < -0.3 is 20.5 Å². The largest absolute Gasteiger partial charge is 0.481 e. The molecule has 3 N–H and O–H groups in total. The Morgan fingerprint density at radius 2 is 2.10 bits per heavy atom. The fraction of sp³-hybridized carbons (Fsp3) is 0.333. The van der Waals surface area contributed by atoms with Gasteiger partial charge in [-0.05, 0) is 12.5 Å². The Bertz CT molecular complexity index is 556. The first-order valence-electron chi connectivity index (χ1n) is 6.65. The molecule has 2 unspecified atom stereocenters. The predicted molar refractivity (Wildman–Crippen MR) is 78.0 cm³/mol. The number of carboxylic acid groups (broad SMARTS) is 1. The van der Waals surface area contributed by atoms with Crippen LogP contribution >= 0.6 is 0 Å². The summed E-state index contributed by atoms with van der Waals surface area (Å²) in [6, 6.07) is 6.73. The number of carbonyl (C=O) groups is 2. The number of ether oxygens (including phenoxy) is 1. The molecule has 2 amide bonds. The first-order valence-corrected chi connectivity index (χ1v) is 6.65. The van der Waals surface area contributed by atoms with Crippen molar-refractivity contribution in [1.29, 1.82) is 0 Å². The lowest BCUT2D eigenvalue weighted by atomic mass is 10.1. The van der Waals surface area contributed by atoms with Crippen molar-refractivity contribution in [3.8, 4) is 0 Å². The molecule has 0 spiro atoms. The number of carboxylic acids is 1. The van der Waals surface area contributed by atoms with Gasteiger partial charge in [-0.1, -0.05) is 30.4 Å². The Labute approximate surface area is 122 Å². The van der Waals surface area contributed by atoms with Crippen molar-refractivity contribution in [2.45, 2.75) is 19.1 Å². The molecule has 1 aliphatic rings. The molecule has 6 heteroatoms. The van der Waals surface area contributed by atoms with E-state index in [1.54, 1.807) is 25.3 Å². The highest BCUT2D eigenvalue weighted by atomic mass is 16.5. The molecule has 1 aromatic carbocycles. The maximum absolute atomic E-state index is 12.0. The molecule has 0 aromatic heterocycles. The summed E-state index contributed by atoms with van der Waals surface area (Å²) in [5, 5.41) is 14.4. The number of methoxy groups -OCH3 is 1. The summed E-state index contributed by atoms with van der Waals surface area (Å²) in [5.41, 5.74) is 1.55. The number of carbonyl (C=O) groups excluding carboxylic acids is 1. The van der Waals surface area contributed by atoms with Crippen molar-refractivity contribution in [3.63, 3.8) is 0 Å². The number of nitrogens with one attached hydrogen (secondary N) is 2. The van der Waals surface area contributed by atoms with Gasteiger partial charge in [0.25, 0.3) is 0 Å². The average molecular weight is 290 g/mol. The average Bonchev–Trinajstić information content (AvgIpc) is 2.90. The van der Waals surface area contributed by atoms with E-state index >= 15 is 0 Å². The molecule has 0 saturated carbocycles. The maximum atomic E-state index is 12.0. The van der Waals surface area contributed by atoms with E-state index in [1.807, 2.05) is 18.2 Å². The maximum Gasteiger partial charge on any atom is 0.319 e. The van der Waals surface area contributed by atoms with Crippen molar-refractivity contribution in [3.05, 3.63) is 42.0 Å². The summed E-state index contributed by atoms with van der Waals surface area (Å²) in [6.07, 6.45) is 3.69. The van der Waals surface area contributed by atoms with Crippen LogP contribution in [0.3, 0.4) is 0 Å². The number of hydrogen-bond acceptors (Lipinski definition) is 3. The number of rotatable bonds is 5. The van der Waals surface area contributed by atoms with E-state index in [9.17, 15) is 9.59 Å². The fourth-order valence-electron chi connectivity index (χ4n) is 2.24. The Morgan fingerprint density at radius 1 is 1.33 bits per heavy atom. The quantitative estimate of drug-likeness (QED) is 0.724. The van der Waals surface area contributed by atoms with Crippen LogP contribution in [0.5, 0.6) is 0 Å². The lowest BCUT2D eigenvalue weighted by Crippen LogP contribution is -2.36. The van der Waals surface area contributed by atoms with E-state index in [4.69, 9.17) is 9.84 Å². The normalized spacial score (nSPS) is 20.2. The minimum absolute atomic E-state index is 0.263. The van der Waals surface area contributed by atoms with Gasteiger partial charge in [-0.15, -0.1) is 0 Å². The van der Waals surface area contributed by atoms with Crippen molar-refractivity contribution < 1.29 is 19.4 Å². The van der Waals surface area contributed by atoms with Crippen LogP contribution in [0.4, 0.5) is 10.5 Å². The van der Waals surface area contributed by atoms with Crippen LogP contribution in [-0.2, 0) is 16.1 Å². The van der Waals surface area contributed by atoms with Crippen molar-refractivity contribution in [2.24, 2.45) is 5.92 Å². The Kier molecular flexibility index (Phi) is 4.94. The summed E-state index contributed by atoms with van der Waals surface area (Å²) in [5.74, 6) is -1.41. The van der Waals surface area contributed by atoms with Gasteiger partial charge >= 0.3 is 12.0 Å². The van der Waals surface area contributed by atoms with E-state index in [0.717, 1.165) is 5.56 Å². The molecule has 0 saturated heterocycles. The molecule has 0 fully saturated rings. The summed E-state index contributed by atoms with van der Waals surface area (Å²) in [7, 11) is 1.59. The minimum Gasteiger partial charge on any atom is -0.481 e. The van der Waals surface area contributed by atoms with E-state index in [-0.39, 0.29) is 12.1 Å². The first-order chi connectivity index (χ1) is 10.1. The highest BCUT2D eigenvalue weighted by molar-refractivity contribution is 5.90. The molecule has 0 heterocycles. The van der Waals surface area contributed by atoms with Gasteiger partial charge in [0, 0.05) is 18.4 Å². The van der Waals surface area contributed by atoms with Crippen LogP contribution in [0.25, 0.3) is 0 Å². The van der Waals surface area contributed by atoms with Gasteiger partial charge in [-0.2, -0.15) is 0 Å². The van der Waals surface area contributed by atoms with E-state index < -0.39 is 11.9 Å². The smallest absolute Gasteiger partial charge is 0.319 e. The van der Waals surface area contributed by atoms with Gasteiger partial charge in [0.15, 0.2) is 0 Å². The van der Waals surface area contributed by atoms with Crippen LogP contribution in [0.1, 0.15) is 12.0 Å². The third kappa shape index (κ3) is 4.06. The highest BCUT2D eigenvalue weighted by Gasteiger charge is 2.25. The lowest BCUT2D eigenvalue weighted by Gasteiger charge is -2.15. The SMILES string of the molecule is COCc1ccccc1NC(=O)NC1C=CC(C(=O)O)C1. The zero-order chi connectivity index (χ0) is 15.2. The molecule has 112 valence electrons. The molecular weight excluding hydrogens is 272 g/mol. The Morgan fingerprint density at radius 3 is 2.76 bits per heavy atom. The summed E-state index contributed by atoms with van der Waals surface area (Å²) < 4.78 is 5.08. The Hall–Kier alpha value is -2.34. The summed E-state index contributed by atoms with van der Waals surface area (Å²) >= 11 is 0. The number of anilines is 1. The van der Waals surface area contributed by atoms with Crippen LogP contribution in [-0.4, -0.2) is 30.3 Å². The topological polar surface area (TPSA) is 87.7 Å². The second kappa shape index (κ2) is 6.90. The fourth-order valence-corrected chi connectivity index (χ4v) is 2.24. The number of benzene rings is 1. The van der Waals surface area contributed by atoms with Gasteiger partial charge in [0.2, 0.25) is 0 Å². The standard InChI is InChI=1S/C15H18N2O4/c1-21-9-11-4-2-3-5-13(11)17-15(20)16-12-7-6-10(8-12)14(18)19/h2-7,10,12H,8-9H2,1H3,(H,18,19)(H2,16,17,20). The first kappa shape index (κ1) is 15.1. The monoisotopic (exact) mass is 290 g/mol. The van der Waals surface area contributed by atoms with Crippen LogP contribution in [0, 0.1) is 5.92 Å². The highest BCUT2D eigenvalue weighted by Crippen LogP contribution is 2.19. The molecule has 2 rings (SSSR count). The molecule has 6 nitrogen and oxygen atoms in total. The molecule has 0 radical (unpaired) electrons. The zero-order valence-electron chi connectivity index (χ0n) is 11.7. The second-order valence-electron chi connectivity index (χ2n) is 4.86. The van der Waals surface area contributed by atoms with Crippen molar-refractivity contribution in [2.75, 3.05) is 12.4 Å². The van der Waals surface area contributed by atoms with Crippen LogP contribution in [0.2, 0.25) is 0 Å². The third-order valence-electron chi connectivity index (χ3n) is 3.28. The number of hydrogen-bond donors (Lipinski definition) is 3. The number of urea groups is 1. The molecular formula is C15H18N2O4. The van der Waals surface area contributed by atoms with Gasteiger partial charge in [0.1, 0.15) is 0 Å². The molecule has 2 atom stereocenters. The van der Waals surface area contributed by atoms with E-state index in [2.05, 4.69) is 10.6 Å². The summed E-state index contributed by atoms with van der Waals surface area (Å²) in [4.78, 5) is 22.8. The second-order valence-corrected chi connectivity index (χ2v) is 4.86. The molecule has 0 aliphatic heterocycles. The molecule has 1 aromatic rings. The van der Waals surface area contributed by atoms with Crippen LogP contribution in [0.15, 0.2) is 36.4 Å². The van der Waals surface area contributed by atoms with E-state index in [1.165, 1.54) is 0 Å². The predicted octanol–water partition coefficient (Wildman–Crippen LogP) is 1.98. The van der Waals surface area contributed by atoms with Crippen LogP contribution < -0.4 is 10.6 Å². The number of amides is 2. The molecule has 0 bridgehead atoms. The lowest BCUT2D eigenvalue weighted by molar-refractivity contribution is -0.140. The molecule has 21 heavy (non-hydrogen) atoms. The zero-order valence-corrected chi connectivity index (χ0v) is 11.7. The van der Waals surface area contributed by atoms with Gasteiger partial charge in [-0.3, -0.25) is 4.79 Å². The molecule has 1 aliphatic carbocycles. The summed E-state index contributed by atoms with van der Waals surface area (Å²) in [6.45, 7) is 0.404.